The summed E-state index contributed by atoms with van der Waals surface area (Å²) in [6.45, 7) is 2.06. The van der Waals surface area contributed by atoms with Gasteiger partial charge in [0, 0.05) is 5.92 Å². The minimum atomic E-state index is -0.690. The smallest absolute Gasteiger partial charge is 0.161 e. The second kappa shape index (κ2) is 6.78. The van der Waals surface area contributed by atoms with Crippen LogP contribution in [0.1, 0.15) is 51.9 Å². The predicted molar refractivity (Wildman–Crippen MR) is 79.5 cm³/mol. The van der Waals surface area contributed by atoms with Crippen molar-refractivity contribution in [2.24, 2.45) is 23.7 Å². The topological polar surface area (TPSA) is 58.9 Å². The van der Waals surface area contributed by atoms with Gasteiger partial charge in [0.2, 0.25) is 0 Å². The van der Waals surface area contributed by atoms with E-state index >= 15 is 0 Å². The molecule has 2 fully saturated rings. The van der Waals surface area contributed by atoms with Crippen LogP contribution in [0.25, 0.3) is 0 Å². The molecule has 0 aromatic heterocycles. The molecule has 0 bridgehead atoms. The number of allylic oxidation sites excluding steroid dienone is 1. The molecule has 120 valence electrons. The van der Waals surface area contributed by atoms with E-state index in [1.807, 2.05) is 0 Å². The maximum Gasteiger partial charge on any atom is 0.161 e. The molecule has 3 aliphatic carbocycles. The van der Waals surface area contributed by atoms with E-state index in [1.165, 1.54) is 19.3 Å². The van der Waals surface area contributed by atoms with Crippen LogP contribution in [-0.2, 0) is 9.62 Å². The van der Waals surface area contributed by atoms with E-state index in [0.717, 1.165) is 37.5 Å². The SMILES string of the molecule is CC1CC(OC(O)C2C=CC(C3CC3)CC2)CCC1OO. The number of hydrogen-bond acceptors (Lipinski definition) is 4. The fourth-order valence-corrected chi connectivity index (χ4v) is 3.91. The van der Waals surface area contributed by atoms with Crippen LogP contribution in [0.5, 0.6) is 0 Å². The summed E-state index contributed by atoms with van der Waals surface area (Å²) < 4.78 is 5.87. The van der Waals surface area contributed by atoms with E-state index in [2.05, 4.69) is 24.0 Å². The summed E-state index contributed by atoms with van der Waals surface area (Å²) in [6, 6.07) is 0. The second-order valence-corrected chi connectivity index (χ2v) is 7.21. The van der Waals surface area contributed by atoms with Gasteiger partial charge in [0.15, 0.2) is 6.29 Å². The molecule has 0 aromatic rings. The van der Waals surface area contributed by atoms with Crippen molar-refractivity contribution >= 4 is 0 Å². The normalized spacial score (nSPS) is 42.0. The van der Waals surface area contributed by atoms with Gasteiger partial charge in [-0.15, -0.1) is 0 Å². The average Bonchev–Trinajstić information content (AvgIpc) is 3.32. The Morgan fingerprint density at radius 2 is 1.86 bits per heavy atom. The van der Waals surface area contributed by atoms with Gasteiger partial charge in [0.25, 0.3) is 0 Å². The van der Waals surface area contributed by atoms with Gasteiger partial charge in [0.1, 0.15) is 0 Å². The van der Waals surface area contributed by atoms with Crippen molar-refractivity contribution in [3.05, 3.63) is 12.2 Å². The van der Waals surface area contributed by atoms with Crippen molar-refractivity contribution in [2.75, 3.05) is 0 Å². The van der Waals surface area contributed by atoms with Crippen LogP contribution in [0.3, 0.4) is 0 Å². The van der Waals surface area contributed by atoms with Crippen LogP contribution < -0.4 is 0 Å². The van der Waals surface area contributed by atoms with Gasteiger partial charge < -0.3 is 9.84 Å². The highest BCUT2D eigenvalue weighted by Gasteiger charge is 2.35. The molecule has 4 nitrogen and oxygen atoms in total. The standard InChI is InChI=1S/C17H28O4/c1-11-10-15(8-9-16(11)21-19)20-17(18)14-6-4-13(5-7-14)12-2-3-12/h4,6,11-19H,2-3,5,7-10H2,1H3. The quantitative estimate of drug-likeness (QED) is 0.353. The Kier molecular flexibility index (Phi) is 4.99. The molecule has 6 unspecified atom stereocenters. The van der Waals surface area contributed by atoms with Crippen LogP contribution in [-0.4, -0.2) is 28.9 Å². The molecule has 0 aliphatic heterocycles. The Labute approximate surface area is 127 Å². The minimum Gasteiger partial charge on any atom is -0.367 e. The summed E-state index contributed by atoms with van der Waals surface area (Å²) >= 11 is 0. The lowest BCUT2D eigenvalue weighted by Crippen LogP contribution is -2.37. The average molecular weight is 296 g/mol. The summed E-state index contributed by atoms with van der Waals surface area (Å²) in [6.07, 6.45) is 11.2. The van der Waals surface area contributed by atoms with Gasteiger partial charge in [-0.05, 0) is 62.7 Å². The van der Waals surface area contributed by atoms with E-state index in [0.29, 0.717) is 0 Å². The van der Waals surface area contributed by atoms with Crippen LogP contribution in [0.15, 0.2) is 12.2 Å². The van der Waals surface area contributed by atoms with Crippen molar-refractivity contribution < 1.29 is 20.0 Å². The highest BCUT2D eigenvalue weighted by molar-refractivity contribution is 5.03. The van der Waals surface area contributed by atoms with Crippen LogP contribution >= 0.6 is 0 Å². The van der Waals surface area contributed by atoms with Gasteiger partial charge in [-0.3, -0.25) is 5.26 Å². The maximum atomic E-state index is 10.3. The first-order valence-corrected chi connectivity index (χ1v) is 8.49. The Bertz CT molecular complexity index is 366. The van der Waals surface area contributed by atoms with E-state index in [-0.39, 0.29) is 24.0 Å². The van der Waals surface area contributed by atoms with Gasteiger partial charge in [-0.1, -0.05) is 19.1 Å². The summed E-state index contributed by atoms with van der Waals surface area (Å²) in [4.78, 5) is 4.48. The zero-order valence-corrected chi connectivity index (χ0v) is 12.9. The Balaban J connectivity index is 1.46. The number of rotatable bonds is 5. The molecule has 21 heavy (non-hydrogen) atoms. The zero-order chi connectivity index (χ0) is 14.8. The lowest BCUT2D eigenvalue weighted by atomic mass is 9.84. The summed E-state index contributed by atoms with van der Waals surface area (Å²) in [5, 5.41) is 19.1. The van der Waals surface area contributed by atoms with Crippen molar-refractivity contribution in [1.82, 2.24) is 0 Å². The highest BCUT2D eigenvalue weighted by Crippen LogP contribution is 2.43. The number of aliphatic hydroxyl groups is 1. The molecule has 2 saturated carbocycles. The largest absolute Gasteiger partial charge is 0.367 e. The van der Waals surface area contributed by atoms with E-state index in [1.54, 1.807) is 0 Å². The highest BCUT2D eigenvalue weighted by atomic mass is 17.1. The predicted octanol–water partition coefficient (Wildman–Crippen LogP) is 3.36. The van der Waals surface area contributed by atoms with Crippen LogP contribution in [0, 0.1) is 23.7 Å². The number of ether oxygens (including phenoxy) is 1. The second-order valence-electron chi connectivity index (χ2n) is 7.21. The molecule has 4 heteroatoms. The van der Waals surface area contributed by atoms with E-state index < -0.39 is 6.29 Å². The van der Waals surface area contributed by atoms with Gasteiger partial charge in [-0.25, -0.2) is 4.89 Å². The third kappa shape index (κ3) is 3.86. The molecule has 3 aliphatic rings. The first-order chi connectivity index (χ1) is 10.2. The molecule has 0 amide bonds. The minimum absolute atomic E-state index is 0.0796. The summed E-state index contributed by atoms with van der Waals surface area (Å²) in [7, 11) is 0. The lowest BCUT2D eigenvalue weighted by Gasteiger charge is -2.35. The molecule has 6 atom stereocenters. The summed E-state index contributed by atoms with van der Waals surface area (Å²) in [5.74, 6) is 2.06. The Morgan fingerprint density at radius 3 is 2.43 bits per heavy atom. The van der Waals surface area contributed by atoms with Crippen molar-refractivity contribution in [3.63, 3.8) is 0 Å². The molecule has 0 saturated heterocycles. The molecular weight excluding hydrogens is 268 g/mol. The molecule has 0 spiro atoms. The molecule has 0 radical (unpaired) electrons. The van der Waals surface area contributed by atoms with Gasteiger partial charge >= 0.3 is 0 Å². The van der Waals surface area contributed by atoms with Crippen molar-refractivity contribution in [2.45, 2.75) is 70.4 Å². The van der Waals surface area contributed by atoms with Gasteiger partial charge in [-0.2, -0.15) is 0 Å². The Morgan fingerprint density at radius 1 is 1.05 bits per heavy atom. The fourth-order valence-electron chi connectivity index (χ4n) is 3.91. The third-order valence-electron chi connectivity index (χ3n) is 5.54. The first-order valence-electron chi connectivity index (χ1n) is 8.49. The molecule has 2 N–H and O–H groups in total. The van der Waals surface area contributed by atoms with Crippen LogP contribution in [0.2, 0.25) is 0 Å². The van der Waals surface area contributed by atoms with Crippen molar-refractivity contribution in [1.29, 1.82) is 0 Å². The van der Waals surface area contributed by atoms with E-state index in [9.17, 15) is 5.11 Å². The monoisotopic (exact) mass is 296 g/mol. The third-order valence-corrected chi connectivity index (χ3v) is 5.54. The number of hydrogen-bond donors (Lipinski definition) is 2. The zero-order valence-electron chi connectivity index (χ0n) is 12.9. The lowest BCUT2D eigenvalue weighted by molar-refractivity contribution is -0.300. The number of aliphatic hydroxyl groups excluding tert-OH is 1. The summed E-state index contributed by atoms with van der Waals surface area (Å²) in [5.41, 5.74) is 0. The molecular formula is C17H28O4. The molecule has 0 heterocycles. The molecule has 0 aromatic carbocycles. The Hall–Kier alpha value is -0.420. The van der Waals surface area contributed by atoms with Gasteiger partial charge in [0.05, 0.1) is 12.2 Å². The van der Waals surface area contributed by atoms with Crippen molar-refractivity contribution in [3.8, 4) is 0 Å². The maximum absolute atomic E-state index is 10.3. The fraction of sp³-hybridized carbons (Fsp3) is 0.882. The van der Waals surface area contributed by atoms with E-state index in [4.69, 9.17) is 9.99 Å². The molecule has 3 rings (SSSR count). The van der Waals surface area contributed by atoms with Crippen LogP contribution in [0.4, 0.5) is 0 Å². The first kappa shape index (κ1) is 15.5.